The lowest BCUT2D eigenvalue weighted by atomic mass is 9.97. The third-order valence-corrected chi connectivity index (χ3v) is 5.20. The van der Waals surface area contributed by atoms with Crippen molar-refractivity contribution in [1.82, 2.24) is 0 Å². The van der Waals surface area contributed by atoms with Crippen LogP contribution >= 0.6 is 15.9 Å². The van der Waals surface area contributed by atoms with Crippen molar-refractivity contribution >= 4 is 15.9 Å². The lowest BCUT2D eigenvalue weighted by molar-refractivity contribution is -0.0402. The highest BCUT2D eigenvalue weighted by molar-refractivity contribution is 9.09. The zero-order valence-corrected chi connectivity index (χ0v) is 11.4. The summed E-state index contributed by atoms with van der Waals surface area (Å²) >= 11 is 3.54. The van der Waals surface area contributed by atoms with Crippen LogP contribution in [0.3, 0.4) is 0 Å². The van der Waals surface area contributed by atoms with Crippen molar-refractivity contribution < 1.29 is 4.74 Å². The van der Waals surface area contributed by atoms with Crippen molar-refractivity contribution in [2.24, 2.45) is 5.92 Å². The van der Waals surface area contributed by atoms with Gasteiger partial charge in [0.1, 0.15) is 0 Å². The van der Waals surface area contributed by atoms with Gasteiger partial charge in [0.25, 0.3) is 0 Å². The van der Waals surface area contributed by atoms with Gasteiger partial charge in [0.05, 0.1) is 11.7 Å². The highest BCUT2D eigenvalue weighted by Gasteiger charge is 2.41. The Morgan fingerprint density at radius 2 is 2.07 bits per heavy atom. The molecular weight excluding hydrogens is 252 g/mol. The van der Waals surface area contributed by atoms with Gasteiger partial charge < -0.3 is 4.74 Å². The van der Waals surface area contributed by atoms with Crippen molar-refractivity contribution in [3.8, 4) is 0 Å². The number of hydrogen-bond donors (Lipinski definition) is 0. The molecule has 1 heterocycles. The molecule has 88 valence electrons. The third kappa shape index (κ3) is 2.97. The fourth-order valence-corrected chi connectivity index (χ4v) is 3.36. The summed E-state index contributed by atoms with van der Waals surface area (Å²) in [5.41, 5.74) is 0.336. The van der Waals surface area contributed by atoms with Crippen LogP contribution in [0.4, 0.5) is 0 Å². The second kappa shape index (κ2) is 5.18. The zero-order chi connectivity index (χ0) is 10.7. The normalized spacial score (nSPS) is 31.2. The minimum absolute atomic E-state index is 0.336. The van der Waals surface area contributed by atoms with Crippen molar-refractivity contribution in [2.75, 3.05) is 5.33 Å². The molecule has 1 saturated carbocycles. The summed E-state index contributed by atoms with van der Waals surface area (Å²) in [6.07, 6.45) is 11.3. The molecule has 0 bridgehead atoms. The summed E-state index contributed by atoms with van der Waals surface area (Å²) in [6.45, 7) is 2.31. The van der Waals surface area contributed by atoms with E-state index in [1.807, 2.05) is 0 Å². The molecule has 15 heavy (non-hydrogen) atoms. The van der Waals surface area contributed by atoms with Crippen LogP contribution in [0.1, 0.15) is 58.3 Å². The Balaban J connectivity index is 1.73. The monoisotopic (exact) mass is 274 g/mol. The highest BCUT2D eigenvalue weighted by Crippen LogP contribution is 2.44. The molecule has 2 rings (SSSR count). The molecule has 1 aliphatic carbocycles. The highest BCUT2D eigenvalue weighted by atomic mass is 79.9. The van der Waals surface area contributed by atoms with E-state index in [1.165, 1.54) is 51.4 Å². The van der Waals surface area contributed by atoms with E-state index in [2.05, 4.69) is 22.9 Å². The number of ether oxygens (including phenoxy) is 1. The summed E-state index contributed by atoms with van der Waals surface area (Å²) in [5.74, 6) is 0.800. The Bertz CT molecular complexity index is 199. The molecule has 2 atom stereocenters. The molecule has 0 aromatic heterocycles. The molecule has 2 heteroatoms. The van der Waals surface area contributed by atoms with Gasteiger partial charge in [-0.2, -0.15) is 0 Å². The first-order valence-electron chi connectivity index (χ1n) is 6.48. The van der Waals surface area contributed by atoms with Crippen LogP contribution in [-0.4, -0.2) is 17.0 Å². The average Bonchev–Trinajstić information content (AvgIpc) is 2.86. The van der Waals surface area contributed by atoms with Crippen LogP contribution in [0.2, 0.25) is 0 Å². The SMILES string of the molecule is CC(CBr)CCC1CCC2(CCCC2)O1. The quantitative estimate of drug-likeness (QED) is 0.695. The van der Waals surface area contributed by atoms with E-state index < -0.39 is 0 Å². The first kappa shape index (κ1) is 11.9. The molecule has 1 nitrogen and oxygen atoms in total. The zero-order valence-electron chi connectivity index (χ0n) is 9.80. The van der Waals surface area contributed by atoms with Crippen LogP contribution < -0.4 is 0 Å². The fraction of sp³-hybridized carbons (Fsp3) is 1.00. The Kier molecular flexibility index (Phi) is 4.11. The lowest BCUT2D eigenvalue weighted by Crippen LogP contribution is -2.24. The summed E-state index contributed by atoms with van der Waals surface area (Å²) in [6, 6.07) is 0. The van der Waals surface area contributed by atoms with E-state index in [-0.39, 0.29) is 0 Å². The molecule has 0 N–H and O–H groups in total. The van der Waals surface area contributed by atoms with Gasteiger partial charge in [-0.25, -0.2) is 0 Å². The first-order chi connectivity index (χ1) is 7.24. The van der Waals surface area contributed by atoms with E-state index in [1.54, 1.807) is 0 Å². The molecule has 1 aliphatic heterocycles. The predicted octanol–water partition coefficient (Wildman–Crippen LogP) is 4.29. The van der Waals surface area contributed by atoms with E-state index >= 15 is 0 Å². The smallest absolute Gasteiger partial charge is 0.0687 e. The summed E-state index contributed by atoms with van der Waals surface area (Å²) in [7, 11) is 0. The van der Waals surface area contributed by atoms with Gasteiger partial charge in [0.15, 0.2) is 0 Å². The van der Waals surface area contributed by atoms with Crippen molar-refractivity contribution in [3.63, 3.8) is 0 Å². The van der Waals surface area contributed by atoms with Crippen LogP contribution in [0, 0.1) is 5.92 Å². The van der Waals surface area contributed by atoms with Crippen molar-refractivity contribution in [1.29, 1.82) is 0 Å². The summed E-state index contributed by atoms with van der Waals surface area (Å²) < 4.78 is 6.29. The van der Waals surface area contributed by atoms with Crippen LogP contribution in [0.5, 0.6) is 0 Å². The number of alkyl halides is 1. The minimum Gasteiger partial charge on any atom is -0.372 e. The molecule has 1 saturated heterocycles. The number of hydrogen-bond acceptors (Lipinski definition) is 1. The van der Waals surface area contributed by atoms with Gasteiger partial charge in [-0.1, -0.05) is 35.7 Å². The Morgan fingerprint density at radius 3 is 2.73 bits per heavy atom. The van der Waals surface area contributed by atoms with E-state index in [4.69, 9.17) is 4.74 Å². The summed E-state index contributed by atoms with van der Waals surface area (Å²) in [5, 5.41) is 1.13. The Morgan fingerprint density at radius 1 is 1.33 bits per heavy atom. The maximum atomic E-state index is 6.29. The lowest BCUT2D eigenvalue weighted by Gasteiger charge is -2.24. The second-order valence-electron chi connectivity index (χ2n) is 5.51. The molecule has 0 aromatic rings. The molecule has 2 unspecified atom stereocenters. The maximum absolute atomic E-state index is 6.29. The van der Waals surface area contributed by atoms with Crippen molar-refractivity contribution in [2.45, 2.75) is 70.0 Å². The van der Waals surface area contributed by atoms with Gasteiger partial charge in [-0.15, -0.1) is 0 Å². The van der Waals surface area contributed by atoms with E-state index in [9.17, 15) is 0 Å². The molecule has 1 spiro atoms. The molecule has 2 aliphatic rings. The molecular formula is C13H23BrO. The van der Waals surface area contributed by atoms with Gasteiger partial charge in [-0.05, 0) is 44.4 Å². The van der Waals surface area contributed by atoms with E-state index in [0.29, 0.717) is 11.7 Å². The molecule has 0 aromatic carbocycles. The van der Waals surface area contributed by atoms with Crippen molar-refractivity contribution in [3.05, 3.63) is 0 Å². The molecule has 2 fully saturated rings. The predicted molar refractivity (Wildman–Crippen MR) is 67.5 cm³/mol. The maximum Gasteiger partial charge on any atom is 0.0687 e. The Labute approximate surface area is 102 Å². The van der Waals surface area contributed by atoms with Crippen LogP contribution in [-0.2, 0) is 4.74 Å². The van der Waals surface area contributed by atoms with Gasteiger partial charge in [0.2, 0.25) is 0 Å². The second-order valence-corrected chi connectivity index (χ2v) is 6.15. The standard InChI is InChI=1S/C13H23BrO/c1-11(10-14)4-5-12-6-9-13(15-12)7-2-3-8-13/h11-12H,2-10H2,1H3. The number of rotatable bonds is 4. The molecule has 0 amide bonds. The largest absolute Gasteiger partial charge is 0.372 e. The fourth-order valence-electron chi connectivity index (χ4n) is 3.03. The first-order valence-corrected chi connectivity index (χ1v) is 7.60. The van der Waals surface area contributed by atoms with Crippen LogP contribution in [0.25, 0.3) is 0 Å². The van der Waals surface area contributed by atoms with Gasteiger partial charge >= 0.3 is 0 Å². The van der Waals surface area contributed by atoms with E-state index in [0.717, 1.165) is 11.2 Å². The molecule has 0 radical (unpaired) electrons. The van der Waals surface area contributed by atoms with Gasteiger partial charge in [0, 0.05) is 5.33 Å². The third-order valence-electron chi connectivity index (χ3n) is 4.10. The number of halogens is 1. The Hall–Kier alpha value is 0.440. The average molecular weight is 275 g/mol. The summed E-state index contributed by atoms with van der Waals surface area (Å²) in [4.78, 5) is 0. The topological polar surface area (TPSA) is 9.23 Å². The minimum atomic E-state index is 0.336. The van der Waals surface area contributed by atoms with Crippen LogP contribution in [0.15, 0.2) is 0 Å². The van der Waals surface area contributed by atoms with Gasteiger partial charge in [-0.3, -0.25) is 0 Å².